The molecule has 1 saturated carbocycles. The molecule has 0 aliphatic heterocycles. The summed E-state index contributed by atoms with van der Waals surface area (Å²) in [6, 6.07) is 1.81. The summed E-state index contributed by atoms with van der Waals surface area (Å²) in [6.07, 6.45) is 6.29. The predicted octanol–water partition coefficient (Wildman–Crippen LogP) is 3.15. The molecule has 19 heavy (non-hydrogen) atoms. The molecule has 0 bridgehead atoms. The van der Waals surface area contributed by atoms with Crippen LogP contribution in [0.15, 0.2) is 6.07 Å². The maximum atomic E-state index is 6.11. The van der Waals surface area contributed by atoms with Crippen molar-refractivity contribution in [1.29, 1.82) is 0 Å². The molecule has 1 aliphatic carbocycles. The minimum absolute atomic E-state index is 0.488. The van der Waals surface area contributed by atoms with Gasteiger partial charge in [-0.3, -0.25) is 0 Å². The zero-order valence-electron chi connectivity index (χ0n) is 11.8. The Balaban J connectivity index is 2.01. The van der Waals surface area contributed by atoms with E-state index in [0.29, 0.717) is 11.1 Å². The highest BCUT2D eigenvalue weighted by molar-refractivity contribution is 6.29. The Hall–Kier alpha value is -0.870. The number of aromatic nitrogens is 2. The summed E-state index contributed by atoms with van der Waals surface area (Å²) >= 11 is 6.11. The third-order valence-electron chi connectivity index (χ3n) is 3.55. The third kappa shape index (κ3) is 4.62. The van der Waals surface area contributed by atoms with Gasteiger partial charge in [-0.15, -0.1) is 0 Å². The monoisotopic (exact) mass is 282 g/mol. The first kappa shape index (κ1) is 14.5. The van der Waals surface area contributed by atoms with Crippen LogP contribution in [0.4, 0.5) is 5.82 Å². The summed E-state index contributed by atoms with van der Waals surface area (Å²) in [4.78, 5) is 11.2. The van der Waals surface area contributed by atoms with Gasteiger partial charge in [-0.05, 0) is 26.9 Å². The van der Waals surface area contributed by atoms with Crippen molar-refractivity contribution in [2.45, 2.75) is 38.0 Å². The van der Waals surface area contributed by atoms with Gasteiger partial charge >= 0.3 is 0 Å². The number of anilines is 1. The first-order chi connectivity index (χ1) is 9.15. The lowest BCUT2D eigenvalue weighted by atomic mass is 9.89. The van der Waals surface area contributed by atoms with Crippen LogP contribution in [-0.4, -0.2) is 42.1 Å². The van der Waals surface area contributed by atoms with Crippen molar-refractivity contribution < 1.29 is 0 Å². The van der Waals surface area contributed by atoms with E-state index in [4.69, 9.17) is 11.6 Å². The number of nitrogens with zero attached hydrogens (tertiary/aromatic N) is 3. The van der Waals surface area contributed by atoms with Crippen LogP contribution in [-0.2, 0) is 0 Å². The van der Waals surface area contributed by atoms with Gasteiger partial charge in [0.2, 0.25) is 0 Å². The van der Waals surface area contributed by atoms with Crippen LogP contribution in [0.5, 0.6) is 0 Å². The SMILES string of the molecule is CN(C)CCNc1cc(Cl)nc(C2CCCCC2)n1. The number of nitrogens with one attached hydrogen (secondary N) is 1. The van der Waals surface area contributed by atoms with Gasteiger partial charge < -0.3 is 10.2 Å². The highest BCUT2D eigenvalue weighted by Crippen LogP contribution is 2.31. The number of halogens is 1. The molecule has 2 rings (SSSR count). The third-order valence-corrected chi connectivity index (χ3v) is 3.74. The topological polar surface area (TPSA) is 41.0 Å². The predicted molar refractivity (Wildman–Crippen MR) is 79.9 cm³/mol. The average molecular weight is 283 g/mol. The Morgan fingerprint density at radius 1 is 1.26 bits per heavy atom. The molecule has 4 nitrogen and oxygen atoms in total. The van der Waals surface area contributed by atoms with Crippen molar-refractivity contribution in [2.75, 3.05) is 32.5 Å². The van der Waals surface area contributed by atoms with E-state index in [2.05, 4.69) is 34.3 Å². The molecule has 1 aromatic heterocycles. The summed E-state index contributed by atoms with van der Waals surface area (Å²) in [5.74, 6) is 2.25. The fourth-order valence-electron chi connectivity index (χ4n) is 2.48. The van der Waals surface area contributed by atoms with Crippen LogP contribution in [0.2, 0.25) is 5.15 Å². The second-order valence-corrected chi connectivity index (χ2v) is 5.89. The fourth-order valence-corrected chi connectivity index (χ4v) is 2.67. The van der Waals surface area contributed by atoms with Crippen LogP contribution in [0.25, 0.3) is 0 Å². The number of hydrogen-bond acceptors (Lipinski definition) is 4. The Bertz CT molecular complexity index is 402. The second kappa shape index (κ2) is 7.06. The van der Waals surface area contributed by atoms with Gasteiger partial charge in [0.05, 0.1) is 0 Å². The molecule has 0 unspecified atom stereocenters. The standard InChI is InChI=1S/C14H23ClN4/c1-19(2)9-8-16-13-10-12(15)17-14(18-13)11-6-4-3-5-7-11/h10-11H,3-9H2,1-2H3,(H,16,17,18). The van der Waals surface area contributed by atoms with Gasteiger partial charge in [-0.1, -0.05) is 30.9 Å². The van der Waals surface area contributed by atoms with E-state index < -0.39 is 0 Å². The Morgan fingerprint density at radius 3 is 2.68 bits per heavy atom. The fraction of sp³-hybridized carbons (Fsp3) is 0.714. The van der Waals surface area contributed by atoms with Crippen LogP contribution in [0.3, 0.4) is 0 Å². The molecule has 1 fully saturated rings. The molecule has 0 atom stereocenters. The summed E-state index contributed by atoms with van der Waals surface area (Å²) in [5, 5.41) is 3.86. The molecule has 1 heterocycles. The number of hydrogen-bond donors (Lipinski definition) is 1. The van der Waals surface area contributed by atoms with Crippen molar-refractivity contribution in [3.8, 4) is 0 Å². The highest BCUT2D eigenvalue weighted by Gasteiger charge is 2.19. The van der Waals surface area contributed by atoms with Crippen molar-refractivity contribution in [1.82, 2.24) is 14.9 Å². The van der Waals surface area contributed by atoms with Gasteiger partial charge in [0, 0.05) is 25.1 Å². The van der Waals surface area contributed by atoms with E-state index in [9.17, 15) is 0 Å². The molecule has 0 spiro atoms. The van der Waals surface area contributed by atoms with Crippen molar-refractivity contribution >= 4 is 17.4 Å². The average Bonchev–Trinajstić information content (AvgIpc) is 2.39. The van der Waals surface area contributed by atoms with Crippen LogP contribution in [0.1, 0.15) is 43.8 Å². The van der Waals surface area contributed by atoms with Crippen molar-refractivity contribution in [3.63, 3.8) is 0 Å². The van der Waals surface area contributed by atoms with E-state index in [1.807, 2.05) is 6.07 Å². The molecular weight excluding hydrogens is 260 g/mol. The Morgan fingerprint density at radius 2 is 2.00 bits per heavy atom. The number of likely N-dealkylation sites (N-methyl/N-ethyl adjacent to an activating group) is 1. The molecule has 106 valence electrons. The van der Waals surface area contributed by atoms with E-state index >= 15 is 0 Å². The zero-order chi connectivity index (χ0) is 13.7. The molecule has 1 aliphatic rings. The van der Waals surface area contributed by atoms with Gasteiger partial charge in [0.25, 0.3) is 0 Å². The smallest absolute Gasteiger partial charge is 0.135 e. The van der Waals surface area contributed by atoms with E-state index in [0.717, 1.165) is 24.7 Å². The quantitative estimate of drug-likeness (QED) is 0.843. The zero-order valence-corrected chi connectivity index (χ0v) is 12.6. The maximum absolute atomic E-state index is 6.11. The van der Waals surface area contributed by atoms with Gasteiger partial charge in [0.15, 0.2) is 0 Å². The van der Waals surface area contributed by atoms with Gasteiger partial charge in [0.1, 0.15) is 16.8 Å². The lowest BCUT2D eigenvalue weighted by molar-refractivity contribution is 0.423. The lowest BCUT2D eigenvalue weighted by Gasteiger charge is -2.21. The summed E-state index contributed by atoms with van der Waals surface area (Å²) < 4.78 is 0. The van der Waals surface area contributed by atoms with E-state index in [1.165, 1.54) is 32.1 Å². The Kier molecular flexibility index (Phi) is 5.40. The summed E-state index contributed by atoms with van der Waals surface area (Å²) in [7, 11) is 4.12. The van der Waals surface area contributed by atoms with Crippen molar-refractivity contribution in [2.24, 2.45) is 0 Å². The Labute approximate surface area is 120 Å². The molecule has 5 heteroatoms. The minimum atomic E-state index is 0.488. The molecule has 1 aromatic rings. The summed E-state index contributed by atoms with van der Waals surface area (Å²) in [5.41, 5.74) is 0. The summed E-state index contributed by atoms with van der Waals surface area (Å²) in [6.45, 7) is 1.84. The minimum Gasteiger partial charge on any atom is -0.369 e. The lowest BCUT2D eigenvalue weighted by Crippen LogP contribution is -2.21. The molecular formula is C14H23ClN4. The maximum Gasteiger partial charge on any atom is 0.135 e. The first-order valence-electron chi connectivity index (χ1n) is 7.08. The van der Waals surface area contributed by atoms with Crippen LogP contribution in [0, 0.1) is 0 Å². The number of rotatable bonds is 5. The molecule has 1 N–H and O–H groups in total. The van der Waals surface area contributed by atoms with Crippen molar-refractivity contribution in [3.05, 3.63) is 17.0 Å². The second-order valence-electron chi connectivity index (χ2n) is 5.50. The normalized spacial score (nSPS) is 16.8. The largest absolute Gasteiger partial charge is 0.369 e. The molecule has 0 radical (unpaired) electrons. The van der Waals surface area contributed by atoms with Crippen LogP contribution >= 0.6 is 11.6 Å². The van der Waals surface area contributed by atoms with Gasteiger partial charge in [-0.25, -0.2) is 9.97 Å². The van der Waals surface area contributed by atoms with E-state index in [1.54, 1.807) is 0 Å². The molecule has 0 saturated heterocycles. The van der Waals surface area contributed by atoms with Gasteiger partial charge in [-0.2, -0.15) is 0 Å². The first-order valence-corrected chi connectivity index (χ1v) is 7.46. The highest BCUT2D eigenvalue weighted by atomic mass is 35.5. The molecule has 0 amide bonds. The molecule has 0 aromatic carbocycles. The van der Waals surface area contributed by atoms with Crippen LogP contribution < -0.4 is 5.32 Å². The van der Waals surface area contributed by atoms with E-state index in [-0.39, 0.29) is 0 Å².